The van der Waals surface area contributed by atoms with Gasteiger partial charge in [0.1, 0.15) is 17.5 Å². The highest BCUT2D eigenvalue weighted by Gasteiger charge is 2.34. The third kappa shape index (κ3) is 5.72. The van der Waals surface area contributed by atoms with E-state index in [1.165, 1.54) is 34.9 Å². The number of anilines is 1. The molecule has 3 aromatic rings. The second-order valence-corrected chi connectivity index (χ2v) is 9.42. The third-order valence-corrected chi connectivity index (χ3v) is 6.97. The summed E-state index contributed by atoms with van der Waals surface area (Å²) in [6.45, 7) is 3.00. The zero-order valence-corrected chi connectivity index (χ0v) is 21.3. The summed E-state index contributed by atoms with van der Waals surface area (Å²) in [6, 6.07) is 15.9. The van der Waals surface area contributed by atoms with Gasteiger partial charge in [-0.25, -0.2) is 4.39 Å². The number of halogens is 1. The number of pyridine rings is 1. The van der Waals surface area contributed by atoms with Gasteiger partial charge in [-0.3, -0.25) is 19.0 Å². The van der Waals surface area contributed by atoms with E-state index < -0.39 is 23.5 Å². The smallest absolute Gasteiger partial charge is 0.275 e. The van der Waals surface area contributed by atoms with Gasteiger partial charge in [-0.2, -0.15) is 5.26 Å². The highest BCUT2D eigenvalue weighted by molar-refractivity contribution is 6.00. The van der Waals surface area contributed by atoms with Crippen LogP contribution in [0.15, 0.2) is 65.5 Å². The van der Waals surface area contributed by atoms with Crippen molar-refractivity contribution in [2.75, 3.05) is 25.5 Å². The summed E-state index contributed by atoms with van der Waals surface area (Å²) in [5.41, 5.74) is 1.40. The minimum Gasteiger partial charge on any atom is -0.320 e. The molecule has 1 aliphatic rings. The van der Waals surface area contributed by atoms with Gasteiger partial charge >= 0.3 is 0 Å². The van der Waals surface area contributed by atoms with E-state index in [0.29, 0.717) is 29.8 Å². The lowest BCUT2D eigenvalue weighted by Gasteiger charge is -2.33. The van der Waals surface area contributed by atoms with Crippen LogP contribution in [-0.2, 0) is 4.79 Å². The number of nitrogens with zero attached hydrogens (tertiary/aromatic N) is 2. The van der Waals surface area contributed by atoms with Gasteiger partial charge in [0.2, 0.25) is 5.91 Å². The fraction of sp³-hybridized carbons (Fsp3) is 0.310. The van der Waals surface area contributed by atoms with Crippen LogP contribution in [-0.4, -0.2) is 42.4 Å². The van der Waals surface area contributed by atoms with Crippen LogP contribution in [0.1, 0.15) is 41.7 Å². The molecular weight excluding hydrogens is 485 g/mol. The van der Waals surface area contributed by atoms with Crippen LogP contribution in [0, 0.1) is 23.1 Å². The largest absolute Gasteiger partial charge is 0.320 e. The highest BCUT2D eigenvalue weighted by Crippen LogP contribution is 2.32. The number of hydrogen-bond donors (Lipinski definition) is 3. The molecule has 2 unspecified atom stereocenters. The minimum atomic E-state index is -0.912. The van der Waals surface area contributed by atoms with Crippen LogP contribution in [0.4, 0.5) is 10.1 Å². The fourth-order valence-electron chi connectivity index (χ4n) is 4.72. The summed E-state index contributed by atoms with van der Waals surface area (Å²) in [5.74, 6) is -1.39. The lowest BCUT2D eigenvalue weighted by Crippen LogP contribution is -2.43. The van der Waals surface area contributed by atoms with Crippen LogP contribution in [0.3, 0.4) is 0 Å². The molecule has 0 spiro atoms. The normalized spacial score (nSPS) is 16.7. The average molecular weight is 516 g/mol. The van der Waals surface area contributed by atoms with Gasteiger partial charge < -0.3 is 16.0 Å². The molecule has 8 nitrogen and oxygen atoms in total. The molecule has 1 amide bonds. The Balaban J connectivity index is 1.92. The van der Waals surface area contributed by atoms with Crippen molar-refractivity contribution >= 4 is 17.4 Å². The summed E-state index contributed by atoms with van der Waals surface area (Å²) in [5, 5.41) is 18.1. The number of piperidine rings is 1. The van der Waals surface area contributed by atoms with Crippen molar-refractivity contribution in [2.45, 2.75) is 31.8 Å². The van der Waals surface area contributed by atoms with Gasteiger partial charge in [-0.15, -0.1) is 0 Å². The Hall–Kier alpha value is -4.13. The monoisotopic (exact) mass is 515 g/mol. The maximum atomic E-state index is 14.0. The van der Waals surface area contributed by atoms with Crippen molar-refractivity contribution in [3.05, 3.63) is 88.0 Å². The number of ketones is 1. The average Bonchev–Trinajstić information content (AvgIpc) is 2.95. The maximum absolute atomic E-state index is 14.0. The lowest BCUT2D eigenvalue weighted by molar-refractivity contribution is -0.117. The number of likely N-dealkylation sites (N-methyl/N-ethyl adjacent to an activating group) is 1. The molecule has 1 aliphatic heterocycles. The molecule has 1 saturated heterocycles. The van der Waals surface area contributed by atoms with Crippen molar-refractivity contribution in [2.24, 2.45) is 5.92 Å². The molecule has 2 heterocycles. The molecular formula is C29H30FN5O3. The highest BCUT2D eigenvalue weighted by atomic mass is 19.1. The van der Waals surface area contributed by atoms with Crippen molar-refractivity contribution in [3.8, 4) is 17.3 Å². The predicted molar refractivity (Wildman–Crippen MR) is 143 cm³/mol. The number of nitrogens with one attached hydrogen (secondary N) is 3. The Morgan fingerprint density at radius 2 is 1.82 bits per heavy atom. The van der Waals surface area contributed by atoms with Crippen LogP contribution in [0.2, 0.25) is 0 Å². The molecule has 0 radical (unpaired) electrons. The van der Waals surface area contributed by atoms with Gasteiger partial charge in [0.05, 0.1) is 23.4 Å². The Morgan fingerprint density at radius 3 is 2.42 bits per heavy atom. The SMILES string of the molecule is CNC(C)C(=O)Nc1ccc(-c2ccc(C#N)cc2)n([C@H](C(=O)c2ccc(F)cc2)C2CCCNC2)c1=O. The van der Waals surface area contributed by atoms with E-state index in [4.69, 9.17) is 0 Å². The zero-order valence-electron chi connectivity index (χ0n) is 21.3. The van der Waals surface area contributed by atoms with Crippen LogP contribution >= 0.6 is 0 Å². The van der Waals surface area contributed by atoms with E-state index in [9.17, 15) is 24.0 Å². The Labute approximate surface area is 220 Å². The number of benzene rings is 2. The first-order valence-electron chi connectivity index (χ1n) is 12.6. The molecule has 4 rings (SSSR count). The number of rotatable bonds is 8. The van der Waals surface area contributed by atoms with Gasteiger partial charge in [-0.1, -0.05) is 12.1 Å². The summed E-state index contributed by atoms with van der Waals surface area (Å²) in [4.78, 5) is 40.7. The molecule has 1 fully saturated rings. The maximum Gasteiger partial charge on any atom is 0.275 e. The summed E-state index contributed by atoms with van der Waals surface area (Å²) >= 11 is 0. The predicted octanol–water partition coefficient (Wildman–Crippen LogP) is 3.50. The number of aromatic nitrogens is 1. The molecule has 1 aromatic heterocycles. The van der Waals surface area contributed by atoms with Crippen molar-refractivity contribution < 1.29 is 14.0 Å². The molecule has 9 heteroatoms. The number of carbonyl (C=O) groups excluding carboxylic acids is 2. The number of hydrogen-bond acceptors (Lipinski definition) is 6. The number of Topliss-reactive ketones (excluding diaryl/α,β-unsaturated/α-hetero) is 1. The molecule has 2 aromatic carbocycles. The molecule has 196 valence electrons. The second-order valence-electron chi connectivity index (χ2n) is 9.42. The van der Waals surface area contributed by atoms with Crippen molar-refractivity contribution in [1.29, 1.82) is 5.26 Å². The van der Waals surface area contributed by atoms with Crippen molar-refractivity contribution in [3.63, 3.8) is 0 Å². The second kappa shape index (κ2) is 11.9. The van der Waals surface area contributed by atoms with Gasteiger partial charge in [-0.05, 0) is 93.4 Å². The van der Waals surface area contributed by atoms with Crippen molar-refractivity contribution in [1.82, 2.24) is 15.2 Å². The summed E-state index contributed by atoms with van der Waals surface area (Å²) < 4.78 is 15.1. The zero-order chi connectivity index (χ0) is 27.2. The van der Waals surface area contributed by atoms with Crippen LogP contribution in [0.5, 0.6) is 0 Å². The van der Waals surface area contributed by atoms with E-state index in [-0.39, 0.29) is 28.9 Å². The van der Waals surface area contributed by atoms with Gasteiger partial charge in [0.15, 0.2) is 5.78 Å². The van der Waals surface area contributed by atoms with Gasteiger partial charge in [0, 0.05) is 12.1 Å². The molecule has 0 bridgehead atoms. The molecule has 38 heavy (non-hydrogen) atoms. The molecule has 3 atom stereocenters. The number of nitriles is 1. The van der Waals surface area contributed by atoms with E-state index in [2.05, 4.69) is 22.0 Å². The summed E-state index contributed by atoms with van der Waals surface area (Å²) in [6.07, 6.45) is 1.53. The Morgan fingerprint density at radius 1 is 1.11 bits per heavy atom. The van der Waals surface area contributed by atoms with Crippen LogP contribution < -0.4 is 21.5 Å². The Kier molecular flexibility index (Phi) is 8.46. The standard InChI is InChI=1S/C29H30FN5O3/c1-18(32-2)28(37)34-24-13-14-25(20-7-5-19(16-31)6-8-20)35(29(24)38)26(22-4-3-15-33-17-22)27(36)21-9-11-23(30)12-10-21/h5-14,18,22,26,32-33H,3-4,15,17H2,1-2H3,(H,34,37)/t18?,22?,26-/m0/s1. The first-order chi connectivity index (χ1) is 18.3. The lowest BCUT2D eigenvalue weighted by atomic mass is 9.86. The first kappa shape index (κ1) is 26.9. The minimum absolute atomic E-state index is 0.0511. The molecule has 3 N–H and O–H groups in total. The van der Waals surface area contributed by atoms with E-state index in [0.717, 1.165) is 13.0 Å². The quantitative estimate of drug-likeness (QED) is 0.396. The summed E-state index contributed by atoms with van der Waals surface area (Å²) in [7, 11) is 1.64. The Bertz CT molecular complexity index is 1400. The van der Waals surface area contributed by atoms with Crippen LogP contribution in [0.25, 0.3) is 11.3 Å². The number of carbonyl (C=O) groups is 2. The topological polar surface area (TPSA) is 116 Å². The third-order valence-electron chi connectivity index (χ3n) is 6.97. The van der Waals surface area contributed by atoms with E-state index in [1.807, 2.05) is 0 Å². The van der Waals surface area contributed by atoms with E-state index >= 15 is 0 Å². The first-order valence-corrected chi connectivity index (χ1v) is 12.6. The number of amides is 1. The van der Waals surface area contributed by atoms with Gasteiger partial charge in [0.25, 0.3) is 5.56 Å². The molecule has 0 saturated carbocycles. The van der Waals surface area contributed by atoms with E-state index in [1.54, 1.807) is 44.3 Å². The molecule has 0 aliphatic carbocycles. The fourth-order valence-corrected chi connectivity index (χ4v) is 4.72.